The Morgan fingerprint density at radius 2 is 1.66 bits per heavy atom. The minimum Gasteiger partial charge on any atom is -0.463 e. The van der Waals surface area contributed by atoms with Crippen LogP contribution in [0.5, 0.6) is 0 Å². The molecule has 7 heteroatoms. The van der Waals surface area contributed by atoms with E-state index in [4.69, 9.17) is 4.74 Å². The van der Waals surface area contributed by atoms with Gasteiger partial charge in [0.2, 0.25) is 11.8 Å². The maximum atomic E-state index is 13.8. The largest absolute Gasteiger partial charge is 0.463 e. The average Bonchev–Trinajstić information content (AvgIpc) is 2.81. The van der Waals surface area contributed by atoms with E-state index < -0.39 is 23.0 Å². The summed E-state index contributed by atoms with van der Waals surface area (Å²) in [5.74, 6) is -0.827. The standard InChI is InChI=1S/C28H45N3O4/c1-11-28(29-9,21-16-14-13-15-17-21)26(34)30-23(27(6,7)8)24(32)31(10)22(19(3)4)18-20(5)25(33)35-12-2/h13-19,22-23,29H,11-12H2,1-10H3,(H,30,34)/t22-,23-,28?/m1/s1. The average molecular weight is 488 g/mol. The van der Waals surface area contributed by atoms with Crippen LogP contribution in [0.4, 0.5) is 0 Å². The molecule has 196 valence electrons. The predicted octanol–water partition coefficient (Wildman–Crippen LogP) is 4.03. The van der Waals surface area contributed by atoms with Crippen LogP contribution in [0.25, 0.3) is 0 Å². The molecule has 1 aromatic rings. The lowest BCUT2D eigenvalue weighted by Gasteiger charge is -2.40. The first-order valence-corrected chi connectivity index (χ1v) is 12.4. The minimum atomic E-state index is -0.971. The molecule has 0 aliphatic rings. The number of ether oxygens (including phenoxy) is 1. The maximum Gasteiger partial charge on any atom is 0.333 e. The summed E-state index contributed by atoms with van der Waals surface area (Å²) in [4.78, 5) is 41.4. The van der Waals surface area contributed by atoms with Crippen LogP contribution in [0.3, 0.4) is 0 Å². The van der Waals surface area contributed by atoms with Gasteiger partial charge in [-0.1, -0.05) is 78.0 Å². The van der Waals surface area contributed by atoms with Crippen molar-refractivity contribution < 1.29 is 19.1 Å². The lowest BCUT2D eigenvalue weighted by molar-refractivity contribution is -0.142. The number of hydrogen-bond acceptors (Lipinski definition) is 5. The third-order valence-electron chi connectivity index (χ3n) is 6.50. The Kier molecular flexibility index (Phi) is 11.2. The quantitative estimate of drug-likeness (QED) is 0.363. The molecule has 35 heavy (non-hydrogen) atoms. The zero-order valence-corrected chi connectivity index (χ0v) is 23.2. The van der Waals surface area contributed by atoms with Crippen molar-refractivity contribution in [2.45, 2.75) is 79.4 Å². The topological polar surface area (TPSA) is 87.7 Å². The van der Waals surface area contributed by atoms with E-state index in [1.807, 2.05) is 71.9 Å². The number of nitrogens with one attached hydrogen (secondary N) is 2. The Balaban J connectivity index is 3.35. The minimum absolute atomic E-state index is 0.0426. The highest BCUT2D eigenvalue weighted by atomic mass is 16.5. The Morgan fingerprint density at radius 1 is 1.09 bits per heavy atom. The number of esters is 1. The van der Waals surface area contributed by atoms with Crippen LogP contribution in [-0.2, 0) is 24.7 Å². The first kappa shape index (κ1) is 30.4. The van der Waals surface area contributed by atoms with Crippen molar-refractivity contribution in [3.63, 3.8) is 0 Å². The SMILES string of the molecule is CCOC(=O)C(C)=C[C@H](C(C)C)N(C)C(=O)[C@@H](NC(=O)C(CC)(NC)c1ccccc1)C(C)(C)C. The molecule has 1 unspecified atom stereocenters. The zero-order valence-electron chi connectivity index (χ0n) is 23.2. The van der Waals surface area contributed by atoms with Crippen LogP contribution < -0.4 is 10.6 Å². The van der Waals surface area contributed by atoms with Crippen LogP contribution in [0.2, 0.25) is 0 Å². The second kappa shape index (κ2) is 12.9. The molecule has 0 aliphatic heterocycles. The fraction of sp³-hybridized carbons (Fsp3) is 0.607. The lowest BCUT2D eigenvalue weighted by atomic mass is 9.82. The molecule has 0 spiro atoms. The predicted molar refractivity (Wildman–Crippen MR) is 141 cm³/mol. The van der Waals surface area contributed by atoms with E-state index in [-0.39, 0.29) is 30.4 Å². The van der Waals surface area contributed by atoms with Gasteiger partial charge in [0, 0.05) is 12.6 Å². The molecule has 2 amide bonds. The van der Waals surface area contributed by atoms with Gasteiger partial charge in [-0.25, -0.2) is 4.79 Å². The second-order valence-corrected chi connectivity index (χ2v) is 10.4. The van der Waals surface area contributed by atoms with Crippen molar-refractivity contribution in [3.8, 4) is 0 Å². The molecule has 0 saturated heterocycles. The normalized spacial score (nSPS) is 15.7. The van der Waals surface area contributed by atoms with Crippen molar-refractivity contribution >= 4 is 17.8 Å². The van der Waals surface area contributed by atoms with E-state index in [1.165, 1.54) is 0 Å². The number of carbonyl (C=O) groups is 3. The van der Waals surface area contributed by atoms with Gasteiger partial charge in [0.15, 0.2) is 0 Å². The van der Waals surface area contributed by atoms with E-state index in [0.717, 1.165) is 5.56 Å². The van der Waals surface area contributed by atoms with Gasteiger partial charge in [-0.3, -0.25) is 9.59 Å². The van der Waals surface area contributed by atoms with E-state index in [2.05, 4.69) is 10.6 Å². The van der Waals surface area contributed by atoms with E-state index in [1.54, 1.807) is 38.9 Å². The third-order valence-corrected chi connectivity index (χ3v) is 6.50. The third kappa shape index (κ3) is 7.40. The lowest BCUT2D eigenvalue weighted by Crippen LogP contribution is -2.61. The molecular formula is C28H45N3O4. The van der Waals surface area contributed by atoms with Gasteiger partial charge < -0.3 is 20.3 Å². The highest BCUT2D eigenvalue weighted by molar-refractivity contribution is 5.93. The number of amides is 2. The summed E-state index contributed by atoms with van der Waals surface area (Å²) in [6.07, 6.45) is 2.28. The Hall–Kier alpha value is -2.67. The molecule has 0 saturated carbocycles. The number of hydrogen-bond donors (Lipinski definition) is 2. The first-order valence-electron chi connectivity index (χ1n) is 12.4. The van der Waals surface area contributed by atoms with Crippen molar-refractivity contribution in [1.29, 1.82) is 0 Å². The van der Waals surface area contributed by atoms with E-state index in [0.29, 0.717) is 12.0 Å². The molecule has 0 aliphatic carbocycles. The van der Waals surface area contributed by atoms with Crippen LogP contribution in [-0.4, -0.2) is 55.5 Å². The summed E-state index contributed by atoms with van der Waals surface area (Å²) in [6.45, 7) is 15.5. The van der Waals surface area contributed by atoms with Crippen LogP contribution in [0.15, 0.2) is 42.0 Å². The van der Waals surface area contributed by atoms with Gasteiger partial charge in [-0.15, -0.1) is 0 Å². The Bertz CT molecular complexity index is 883. The van der Waals surface area contributed by atoms with Crippen LogP contribution in [0.1, 0.15) is 67.4 Å². The van der Waals surface area contributed by atoms with Crippen LogP contribution in [0, 0.1) is 11.3 Å². The highest BCUT2D eigenvalue weighted by Crippen LogP contribution is 2.28. The molecule has 0 aromatic heterocycles. The number of likely N-dealkylation sites (N-methyl/N-ethyl adjacent to an activating group) is 2. The van der Waals surface area contributed by atoms with Gasteiger partial charge in [0.05, 0.1) is 12.6 Å². The Morgan fingerprint density at radius 3 is 2.09 bits per heavy atom. The molecule has 2 N–H and O–H groups in total. The fourth-order valence-corrected chi connectivity index (χ4v) is 4.23. The molecular weight excluding hydrogens is 442 g/mol. The summed E-state index contributed by atoms with van der Waals surface area (Å²) in [6, 6.07) is 8.41. The fourth-order valence-electron chi connectivity index (χ4n) is 4.23. The van der Waals surface area contributed by atoms with Gasteiger partial charge in [0.1, 0.15) is 11.6 Å². The molecule has 1 aromatic carbocycles. The molecule has 0 bridgehead atoms. The van der Waals surface area contributed by atoms with E-state index >= 15 is 0 Å². The molecule has 7 nitrogen and oxygen atoms in total. The van der Waals surface area contributed by atoms with Crippen molar-refractivity contribution in [1.82, 2.24) is 15.5 Å². The smallest absolute Gasteiger partial charge is 0.333 e. The van der Waals surface area contributed by atoms with Crippen molar-refractivity contribution in [2.24, 2.45) is 11.3 Å². The summed E-state index contributed by atoms with van der Waals surface area (Å²) in [5.41, 5.74) is -0.233. The zero-order chi connectivity index (χ0) is 27.0. The molecule has 0 fully saturated rings. The van der Waals surface area contributed by atoms with Crippen molar-refractivity contribution in [2.75, 3.05) is 20.7 Å². The monoisotopic (exact) mass is 487 g/mol. The molecule has 1 rings (SSSR count). The van der Waals surface area contributed by atoms with Crippen molar-refractivity contribution in [3.05, 3.63) is 47.5 Å². The molecule has 3 atom stereocenters. The number of rotatable bonds is 11. The first-order chi connectivity index (χ1) is 16.3. The molecule has 0 heterocycles. The maximum absolute atomic E-state index is 13.8. The summed E-state index contributed by atoms with van der Waals surface area (Å²) in [5, 5.41) is 6.26. The van der Waals surface area contributed by atoms with Gasteiger partial charge in [-0.05, 0) is 44.2 Å². The number of benzene rings is 1. The van der Waals surface area contributed by atoms with Gasteiger partial charge in [-0.2, -0.15) is 0 Å². The molecule has 0 radical (unpaired) electrons. The summed E-state index contributed by atoms with van der Waals surface area (Å²) >= 11 is 0. The summed E-state index contributed by atoms with van der Waals surface area (Å²) < 4.78 is 5.11. The van der Waals surface area contributed by atoms with Gasteiger partial charge in [0.25, 0.3) is 0 Å². The highest BCUT2D eigenvalue weighted by Gasteiger charge is 2.43. The van der Waals surface area contributed by atoms with E-state index in [9.17, 15) is 14.4 Å². The number of nitrogens with zero attached hydrogens (tertiary/aromatic N) is 1. The summed E-state index contributed by atoms with van der Waals surface area (Å²) in [7, 11) is 3.48. The number of carbonyl (C=O) groups excluding carboxylic acids is 3. The Labute approximate surface area is 211 Å². The van der Waals surface area contributed by atoms with Gasteiger partial charge >= 0.3 is 5.97 Å². The second-order valence-electron chi connectivity index (χ2n) is 10.4. The van der Waals surface area contributed by atoms with Crippen LogP contribution >= 0.6 is 0 Å².